The molecule has 4 nitrogen and oxygen atoms in total. The van der Waals surface area contributed by atoms with E-state index in [0.717, 1.165) is 5.56 Å². The van der Waals surface area contributed by atoms with Crippen molar-refractivity contribution in [1.82, 2.24) is 10.6 Å². The molecule has 0 saturated carbocycles. The van der Waals surface area contributed by atoms with E-state index in [1.165, 1.54) is 0 Å². The van der Waals surface area contributed by atoms with Crippen LogP contribution in [0.25, 0.3) is 0 Å². The van der Waals surface area contributed by atoms with Crippen LogP contribution >= 0.6 is 12.6 Å². The number of carbonyl (C=O) groups is 2. The van der Waals surface area contributed by atoms with Crippen LogP contribution in [-0.2, 0) is 16.0 Å². The molecule has 0 bridgehead atoms. The number of nitrogens with one attached hydrogen (secondary N) is 2. The molecular formula is C15H22N2O2S. The summed E-state index contributed by atoms with van der Waals surface area (Å²) >= 11 is 4.31. The smallest absolute Gasteiger partial charge is 0.242 e. The van der Waals surface area contributed by atoms with Crippen molar-refractivity contribution in [3.8, 4) is 0 Å². The minimum absolute atomic E-state index is 0.0537. The van der Waals surface area contributed by atoms with Crippen LogP contribution in [0.15, 0.2) is 30.3 Å². The fraction of sp³-hybridized carbons (Fsp3) is 0.467. The molecule has 0 aromatic heterocycles. The number of hydrogen-bond acceptors (Lipinski definition) is 3. The second-order valence-corrected chi connectivity index (χ2v) is 5.72. The van der Waals surface area contributed by atoms with E-state index in [9.17, 15) is 9.59 Å². The van der Waals surface area contributed by atoms with Gasteiger partial charge in [-0.2, -0.15) is 12.6 Å². The Morgan fingerprint density at radius 2 is 1.65 bits per heavy atom. The van der Waals surface area contributed by atoms with Crippen molar-refractivity contribution < 1.29 is 9.59 Å². The zero-order chi connectivity index (χ0) is 15.1. The maximum Gasteiger partial charge on any atom is 0.242 e. The van der Waals surface area contributed by atoms with Crippen LogP contribution in [0.4, 0.5) is 0 Å². The van der Waals surface area contributed by atoms with E-state index >= 15 is 0 Å². The summed E-state index contributed by atoms with van der Waals surface area (Å²) in [5.74, 6) is -0.419. The summed E-state index contributed by atoms with van der Waals surface area (Å²) < 4.78 is 0. The minimum atomic E-state index is -0.560. The van der Waals surface area contributed by atoms with Gasteiger partial charge in [-0.3, -0.25) is 9.59 Å². The lowest BCUT2D eigenvalue weighted by molar-refractivity contribution is -0.128. The van der Waals surface area contributed by atoms with E-state index in [0.29, 0.717) is 6.42 Å². The summed E-state index contributed by atoms with van der Waals surface area (Å²) in [6.45, 7) is 5.42. The van der Waals surface area contributed by atoms with Gasteiger partial charge in [-0.05, 0) is 32.8 Å². The zero-order valence-corrected chi connectivity index (χ0v) is 13.0. The van der Waals surface area contributed by atoms with Crippen molar-refractivity contribution in [3.63, 3.8) is 0 Å². The van der Waals surface area contributed by atoms with Gasteiger partial charge in [-0.25, -0.2) is 0 Å². The van der Waals surface area contributed by atoms with Crippen LogP contribution in [0, 0.1) is 0 Å². The molecule has 0 heterocycles. The second kappa shape index (κ2) is 7.94. The Morgan fingerprint density at radius 3 is 2.20 bits per heavy atom. The third kappa shape index (κ3) is 5.65. The topological polar surface area (TPSA) is 58.2 Å². The Bertz CT molecular complexity index is 448. The molecule has 0 radical (unpaired) electrons. The van der Waals surface area contributed by atoms with Gasteiger partial charge in [0, 0.05) is 6.04 Å². The summed E-state index contributed by atoms with van der Waals surface area (Å²) in [4.78, 5) is 23.7. The second-order valence-electron chi connectivity index (χ2n) is 5.10. The Balaban J connectivity index is 2.47. The molecule has 20 heavy (non-hydrogen) atoms. The number of amides is 2. The summed E-state index contributed by atoms with van der Waals surface area (Å²) in [6, 6.07) is 9.17. The van der Waals surface area contributed by atoms with Gasteiger partial charge in [-0.15, -0.1) is 0 Å². The van der Waals surface area contributed by atoms with Gasteiger partial charge >= 0.3 is 0 Å². The summed E-state index contributed by atoms with van der Waals surface area (Å²) in [7, 11) is 0. The average Bonchev–Trinajstić information content (AvgIpc) is 2.38. The third-order valence-corrected chi connectivity index (χ3v) is 3.17. The molecule has 0 fully saturated rings. The number of thiol groups is 1. The van der Waals surface area contributed by atoms with Crippen molar-refractivity contribution in [2.75, 3.05) is 0 Å². The quantitative estimate of drug-likeness (QED) is 0.697. The van der Waals surface area contributed by atoms with Crippen LogP contribution in [0.2, 0.25) is 0 Å². The van der Waals surface area contributed by atoms with E-state index in [-0.39, 0.29) is 17.9 Å². The van der Waals surface area contributed by atoms with E-state index in [1.54, 1.807) is 6.92 Å². The van der Waals surface area contributed by atoms with Gasteiger partial charge in [0.25, 0.3) is 0 Å². The molecule has 0 aliphatic heterocycles. The van der Waals surface area contributed by atoms with Crippen molar-refractivity contribution in [1.29, 1.82) is 0 Å². The predicted molar refractivity (Wildman–Crippen MR) is 83.8 cm³/mol. The number of benzene rings is 1. The predicted octanol–water partition coefficient (Wildman–Crippen LogP) is 1.56. The standard InChI is InChI=1S/C15H22N2O2S/c1-10(2)16-14(18)11(3)17-15(19)13(20)9-12-7-5-4-6-8-12/h4-8,10-11,13,20H,9H2,1-3H3,(H,16,18)(H,17,19). The largest absolute Gasteiger partial charge is 0.352 e. The van der Waals surface area contributed by atoms with E-state index in [1.807, 2.05) is 44.2 Å². The van der Waals surface area contributed by atoms with Crippen LogP contribution in [-0.4, -0.2) is 29.1 Å². The van der Waals surface area contributed by atoms with Crippen LogP contribution in [0.5, 0.6) is 0 Å². The highest BCUT2D eigenvalue weighted by molar-refractivity contribution is 7.81. The van der Waals surface area contributed by atoms with Gasteiger partial charge in [0.15, 0.2) is 0 Å². The number of rotatable bonds is 6. The van der Waals surface area contributed by atoms with Crippen molar-refractivity contribution in [2.45, 2.75) is 44.5 Å². The van der Waals surface area contributed by atoms with Crippen molar-refractivity contribution >= 4 is 24.4 Å². The highest BCUT2D eigenvalue weighted by Crippen LogP contribution is 2.08. The summed E-state index contributed by atoms with van der Waals surface area (Å²) in [5, 5.41) is 4.97. The Morgan fingerprint density at radius 1 is 1.05 bits per heavy atom. The first-order chi connectivity index (χ1) is 9.40. The van der Waals surface area contributed by atoms with E-state index in [4.69, 9.17) is 0 Å². The molecule has 1 aromatic carbocycles. The fourth-order valence-corrected chi connectivity index (χ4v) is 2.00. The molecule has 1 rings (SSSR count). The molecule has 5 heteroatoms. The molecule has 0 spiro atoms. The summed E-state index contributed by atoms with van der Waals surface area (Å²) in [5.41, 5.74) is 1.04. The van der Waals surface area contributed by atoms with E-state index < -0.39 is 11.3 Å². The van der Waals surface area contributed by atoms with Crippen LogP contribution < -0.4 is 10.6 Å². The first-order valence-electron chi connectivity index (χ1n) is 6.73. The Kier molecular flexibility index (Phi) is 6.58. The Hall–Kier alpha value is -1.49. The molecule has 2 amide bonds. The lowest BCUT2D eigenvalue weighted by atomic mass is 10.1. The lowest BCUT2D eigenvalue weighted by Gasteiger charge is -2.18. The van der Waals surface area contributed by atoms with Gasteiger partial charge < -0.3 is 10.6 Å². The summed E-state index contributed by atoms with van der Waals surface area (Å²) in [6.07, 6.45) is 0.536. The van der Waals surface area contributed by atoms with Gasteiger partial charge in [0.05, 0.1) is 5.25 Å². The Labute approximate surface area is 125 Å². The van der Waals surface area contributed by atoms with Gasteiger partial charge in [0.1, 0.15) is 6.04 Å². The first kappa shape index (κ1) is 16.6. The molecule has 2 atom stereocenters. The molecule has 2 unspecified atom stereocenters. The maximum atomic E-state index is 12.0. The third-order valence-electron chi connectivity index (χ3n) is 2.76. The van der Waals surface area contributed by atoms with Crippen molar-refractivity contribution in [3.05, 3.63) is 35.9 Å². The van der Waals surface area contributed by atoms with Gasteiger partial charge in [-0.1, -0.05) is 30.3 Å². The molecular weight excluding hydrogens is 272 g/mol. The number of hydrogen-bond donors (Lipinski definition) is 3. The first-order valence-corrected chi connectivity index (χ1v) is 7.24. The minimum Gasteiger partial charge on any atom is -0.352 e. The molecule has 2 N–H and O–H groups in total. The monoisotopic (exact) mass is 294 g/mol. The lowest BCUT2D eigenvalue weighted by Crippen LogP contribution is -2.48. The van der Waals surface area contributed by atoms with Crippen LogP contribution in [0.3, 0.4) is 0 Å². The average molecular weight is 294 g/mol. The normalized spacial score (nSPS) is 13.7. The molecule has 0 saturated heterocycles. The number of carbonyl (C=O) groups excluding carboxylic acids is 2. The van der Waals surface area contributed by atoms with Crippen LogP contribution in [0.1, 0.15) is 26.3 Å². The fourth-order valence-electron chi connectivity index (χ4n) is 1.71. The maximum absolute atomic E-state index is 12.0. The molecule has 0 aliphatic carbocycles. The SMILES string of the molecule is CC(C)NC(=O)C(C)NC(=O)C(S)Cc1ccccc1. The zero-order valence-electron chi connectivity index (χ0n) is 12.1. The highest BCUT2D eigenvalue weighted by atomic mass is 32.1. The highest BCUT2D eigenvalue weighted by Gasteiger charge is 2.20. The molecule has 0 aliphatic rings. The van der Waals surface area contributed by atoms with E-state index in [2.05, 4.69) is 23.3 Å². The van der Waals surface area contributed by atoms with Gasteiger partial charge in [0.2, 0.25) is 11.8 Å². The van der Waals surface area contributed by atoms with Crippen molar-refractivity contribution in [2.24, 2.45) is 0 Å². The molecule has 1 aromatic rings. The molecule has 110 valence electrons.